The Morgan fingerprint density at radius 1 is 0.763 bits per heavy atom. The first-order chi connectivity index (χ1) is 18.3. The molecule has 7 heteroatoms. The van der Waals surface area contributed by atoms with Crippen molar-refractivity contribution in [3.05, 3.63) is 12.2 Å². The molecule has 0 radical (unpaired) electrons. The lowest BCUT2D eigenvalue weighted by molar-refractivity contribution is -0.142. The molecule has 0 heterocycles. The zero-order valence-corrected chi connectivity index (χ0v) is 24.8. The van der Waals surface area contributed by atoms with E-state index in [1.54, 1.807) is 0 Å². The number of carboxylic acids is 1. The monoisotopic (exact) mass is 538 g/mol. The van der Waals surface area contributed by atoms with Gasteiger partial charge in [0.15, 0.2) is 0 Å². The van der Waals surface area contributed by atoms with Crippen LogP contribution in [-0.2, 0) is 19.1 Å². The van der Waals surface area contributed by atoms with Gasteiger partial charge in [0.05, 0.1) is 0 Å². The van der Waals surface area contributed by atoms with Crippen LogP contribution in [-0.4, -0.2) is 61.1 Å². The van der Waals surface area contributed by atoms with Gasteiger partial charge in [-0.25, -0.2) is 0 Å². The molecule has 0 aromatic heterocycles. The maximum Gasteiger partial charge on any atom is 0.306 e. The Labute approximate surface area is 233 Å². The Morgan fingerprint density at radius 3 is 1.95 bits per heavy atom. The third-order valence-electron chi connectivity index (χ3n) is 6.76. The first-order valence-electron chi connectivity index (χ1n) is 15.3. The summed E-state index contributed by atoms with van der Waals surface area (Å²) < 4.78 is 5.28. The molecule has 0 bridgehead atoms. The minimum Gasteiger partial charge on any atom is -0.481 e. The number of hydrogen-bond acceptors (Lipinski definition) is 5. The molecule has 0 saturated carbocycles. The van der Waals surface area contributed by atoms with Crippen molar-refractivity contribution >= 4 is 17.8 Å². The molecular weight excluding hydrogens is 480 g/mol. The third kappa shape index (κ3) is 27.2. The fourth-order valence-electron chi connectivity index (χ4n) is 4.39. The number of carbonyl (C=O) groups excluding carboxylic acids is 2. The van der Waals surface area contributed by atoms with E-state index in [4.69, 9.17) is 9.84 Å². The zero-order valence-electron chi connectivity index (χ0n) is 24.8. The van der Waals surface area contributed by atoms with Crippen molar-refractivity contribution < 1.29 is 24.2 Å². The predicted molar refractivity (Wildman–Crippen MR) is 156 cm³/mol. The standard InChI is InChI=1S/C31H58N2O5/c1-4-5-6-7-8-15-20-27-38-31(37)24-19-14-10-12-17-22-28(32-29(34)25-26-33(2)3)21-16-11-9-13-18-23-30(35)36/h15,20,28H,4-14,16-19,21-27H2,1-3H3,(H,32,34)(H,35,36)/b20-15-. The molecular formula is C31H58N2O5. The first-order valence-corrected chi connectivity index (χ1v) is 15.3. The van der Waals surface area contributed by atoms with E-state index in [0.29, 0.717) is 19.4 Å². The van der Waals surface area contributed by atoms with Gasteiger partial charge in [-0.1, -0.05) is 89.7 Å². The molecule has 38 heavy (non-hydrogen) atoms. The van der Waals surface area contributed by atoms with Crippen LogP contribution in [0.25, 0.3) is 0 Å². The number of nitrogens with zero attached hydrogens (tertiary/aromatic N) is 1. The Bertz CT molecular complexity index is 621. The molecule has 0 aliphatic heterocycles. The Morgan fingerprint density at radius 2 is 1.34 bits per heavy atom. The molecule has 1 unspecified atom stereocenters. The minimum absolute atomic E-state index is 0.107. The summed E-state index contributed by atoms with van der Waals surface area (Å²) in [4.78, 5) is 36.9. The van der Waals surface area contributed by atoms with Crippen LogP contribution in [0.15, 0.2) is 12.2 Å². The maximum atomic E-state index is 12.4. The van der Waals surface area contributed by atoms with E-state index in [0.717, 1.165) is 90.0 Å². The van der Waals surface area contributed by atoms with E-state index in [1.807, 2.05) is 25.1 Å². The topological polar surface area (TPSA) is 95.9 Å². The van der Waals surface area contributed by atoms with Gasteiger partial charge in [-0.15, -0.1) is 0 Å². The average molecular weight is 539 g/mol. The van der Waals surface area contributed by atoms with Gasteiger partial charge >= 0.3 is 11.9 Å². The van der Waals surface area contributed by atoms with Crippen molar-refractivity contribution in [1.29, 1.82) is 0 Å². The van der Waals surface area contributed by atoms with E-state index >= 15 is 0 Å². The Kier molecular flexibility index (Phi) is 25.4. The van der Waals surface area contributed by atoms with Crippen molar-refractivity contribution in [2.45, 2.75) is 141 Å². The summed E-state index contributed by atoms with van der Waals surface area (Å²) in [6.07, 6.45) is 23.4. The normalized spacial score (nSPS) is 12.2. The van der Waals surface area contributed by atoms with Crippen molar-refractivity contribution in [3.8, 4) is 0 Å². The van der Waals surface area contributed by atoms with E-state index in [2.05, 4.69) is 18.3 Å². The van der Waals surface area contributed by atoms with E-state index in [9.17, 15) is 14.4 Å². The van der Waals surface area contributed by atoms with Crippen LogP contribution in [0.3, 0.4) is 0 Å². The van der Waals surface area contributed by atoms with Gasteiger partial charge in [-0.3, -0.25) is 14.4 Å². The second-order valence-electron chi connectivity index (χ2n) is 10.8. The highest BCUT2D eigenvalue weighted by Crippen LogP contribution is 2.15. The summed E-state index contributed by atoms with van der Waals surface area (Å²) >= 11 is 0. The SMILES string of the molecule is CCCCCC/C=C\COC(=O)CCCCCCCC(CCCCCCCC(=O)O)NC(=O)CCN(C)C. The predicted octanol–water partition coefficient (Wildman–Crippen LogP) is 7.04. The van der Waals surface area contributed by atoms with Gasteiger partial charge in [0.25, 0.3) is 0 Å². The van der Waals surface area contributed by atoms with Crippen LogP contribution in [0, 0.1) is 0 Å². The second-order valence-corrected chi connectivity index (χ2v) is 10.8. The van der Waals surface area contributed by atoms with Crippen LogP contribution in [0.5, 0.6) is 0 Å². The van der Waals surface area contributed by atoms with Gasteiger partial charge < -0.3 is 20.1 Å². The van der Waals surface area contributed by atoms with Gasteiger partial charge in [-0.2, -0.15) is 0 Å². The van der Waals surface area contributed by atoms with Crippen molar-refractivity contribution in [1.82, 2.24) is 10.2 Å². The highest BCUT2D eigenvalue weighted by Gasteiger charge is 2.12. The van der Waals surface area contributed by atoms with Crippen LogP contribution < -0.4 is 5.32 Å². The number of rotatable bonds is 27. The summed E-state index contributed by atoms with van der Waals surface area (Å²) in [6.45, 7) is 3.35. The van der Waals surface area contributed by atoms with E-state index < -0.39 is 5.97 Å². The number of carboxylic acid groups (broad SMARTS) is 1. The molecule has 0 aromatic rings. The Balaban J connectivity index is 3.99. The lowest BCUT2D eigenvalue weighted by Crippen LogP contribution is -2.36. The molecule has 0 aliphatic rings. The largest absolute Gasteiger partial charge is 0.481 e. The molecule has 0 rings (SSSR count). The van der Waals surface area contributed by atoms with Crippen LogP contribution >= 0.6 is 0 Å². The number of esters is 1. The number of unbranched alkanes of at least 4 members (excludes halogenated alkanes) is 12. The van der Waals surface area contributed by atoms with E-state index in [-0.39, 0.29) is 24.3 Å². The molecule has 2 N–H and O–H groups in total. The van der Waals surface area contributed by atoms with E-state index in [1.165, 1.54) is 25.7 Å². The lowest BCUT2D eigenvalue weighted by atomic mass is 9.99. The molecule has 0 aromatic carbocycles. The molecule has 1 amide bonds. The number of ether oxygens (including phenoxy) is 1. The highest BCUT2D eigenvalue weighted by atomic mass is 16.5. The lowest BCUT2D eigenvalue weighted by Gasteiger charge is -2.20. The summed E-state index contributed by atoms with van der Waals surface area (Å²) in [7, 11) is 3.95. The fraction of sp³-hybridized carbons (Fsp3) is 0.839. The molecule has 0 spiro atoms. The Hall–Kier alpha value is -1.89. The van der Waals surface area contributed by atoms with Gasteiger partial charge in [-0.05, 0) is 52.6 Å². The van der Waals surface area contributed by atoms with Crippen molar-refractivity contribution in [2.24, 2.45) is 0 Å². The highest BCUT2D eigenvalue weighted by molar-refractivity contribution is 5.76. The minimum atomic E-state index is -0.721. The van der Waals surface area contributed by atoms with Crippen LogP contribution in [0.2, 0.25) is 0 Å². The summed E-state index contributed by atoms with van der Waals surface area (Å²) in [5.41, 5.74) is 0. The smallest absolute Gasteiger partial charge is 0.306 e. The third-order valence-corrected chi connectivity index (χ3v) is 6.76. The van der Waals surface area contributed by atoms with Crippen molar-refractivity contribution in [3.63, 3.8) is 0 Å². The first kappa shape index (κ1) is 36.1. The molecule has 7 nitrogen and oxygen atoms in total. The number of allylic oxidation sites excluding steroid dienone is 1. The summed E-state index contributed by atoms with van der Waals surface area (Å²) in [5.74, 6) is -0.708. The van der Waals surface area contributed by atoms with Gasteiger partial charge in [0.1, 0.15) is 6.61 Å². The molecule has 222 valence electrons. The number of hydrogen-bond donors (Lipinski definition) is 2. The van der Waals surface area contributed by atoms with Crippen LogP contribution in [0.1, 0.15) is 135 Å². The average Bonchev–Trinajstić information content (AvgIpc) is 2.87. The van der Waals surface area contributed by atoms with Gasteiger partial charge in [0.2, 0.25) is 5.91 Å². The summed E-state index contributed by atoms with van der Waals surface area (Å²) in [5, 5.41) is 12.0. The quantitative estimate of drug-likeness (QED) is 0.0661. The zero-order chi connectivity index (χ0) is 28.3. The number of carbonyl (C=O) groups is 3. The number of aliphatic carboxylic acids is 1. The molecule has 0 aliphatic carbocycles. The van der Waals surface area contributed by atoms with Crippen LogP contribution in [0.4, 0.5) is 0 Å². The van der Waals surface area contributed by atoms with Crippen molar-refractivity contribution in [2.75, 3.05) is 27.2 Å². The molecule has 0 fully saturated rings. The maximum absolute atomic E-state index is 12.4. The number of amides is 1. The summed E-state index contributed by atoms with van der Waals surface area (Å²) in [6, 6.07) is 0.207. The number of nitrogens with one attached hydrogen (secondary N) is 1. The molecule has 0 saturated heterocycles. The second kappa shape index (κ2) is 26.7. The molecule has 1 atom stereocenters. The fourth-order valence-corrected chi connectivity index (χ4v) is 4.39. The van der Waals surface area contributed by atoms with Gasteiger partial charge in [0, 0.05) is 31.8 Å².